The van der Waals surface area contributed by atoms with E-state index in [4.69, 9.17) is 17.3 Å². The zero-order valence-electron chi connectivity index (χ0n) is 12.1. The van der Waals surface area contributed by atoms with Crippen molar-refractivity contribution in [2.45, 2.75) is 26.3 Å². The lowest BCUT2D eigenvalue weighted by Crippen LogP contribution is -2.51. The van der Waals surface area contributed by atoms with Crippen molar-refractivity contribution in [1.82, 2.24) is 9.80 Å². The summed E-state index contributed by atoms with van der Waals surface area (Å²) in [7, 11) is 0. The van der Waals surface area contributed by atoms with Gasteiger partial charge < -0.3 is 10.6 Å². The monoisotopic (exact) mass is 295 g/mol. The third-order valence-electron chi connectivity index (χ3n) is 4.06. The SMILES string of the molecule is CCC(C)N1CCN(C(=O)c2cc(Cl)ccc2N)CC1. The first-order valence-electron chi connectivity index (χ1n) is 7.11. The highest BCUT2D eigenvalue weighted by Gasteiger charge is 2.25. The summed E-state index contributed by atoms with van der Waals surface area (Å²) >= 11 is 5.95. The fourth-order valence-corrected chi connectivity index (χ4v) is 2.68. The van der Waals surface area contributed by atoms with Crippen LogP contribution in [0.5, 0.6) is 0 Å². The Morgan fingerprint density at radius 3 is 2.60 bits per heavy atom. The molecule has 20 heavy (non-hydrogen) atoms. The number of amides is 1. The number of rotatable bonds is 3. The first-order valence-corrected chi connectivity index (χ1v) is 7.49. The number of halogens is 1. The number of hydrogen-bond donors (Lipinski definition) is 1. The molecule has 110 valence electrons. The largest absolute Gasteiger partial charge is 0.398 e. The van der Waals surface area contributed by atoms with Gasteiger partial charge in [0.1, 0.15) is 0 Å². The summed E-state index contributed by atoms with van der Waals surface area (Å²) in [6, 6.07) is 5.61. The molecule has 0 aromatic heterocycles. The summed E-state index contributed by atoms with van der Waals surface area (Å²) < 4.78 is 0. The predicted octanol–water partition coefficient (Wildman–Crippen LogP) is 2.48. The first kappa shape index (κ1) is 15.1. The molecule has 1 heterocycles. The Morgan fingerprint density at radius 1 is 1.35 bits per heavy atom. The van der Waals surface area contributed by atoms with E-state index < -0.39 is 0 Å². The average Bonchev–Trinajstić information content (AvgIpc) is 2.48. The zero-order chi connectivity index (χ0) is 14.7. The summed E-state index contributed by atoms with van der Waals surface area (Å²) in [4.78, 5) is 16.8. The molecule has 1 unspecified atom stereocenters. The maximum absolute atomic E-state index is 12.5. The van der Waals surface area contributed by atoms with E-state index in [0.717, 1.165) is 32.6 Å². The Bertz CT molecular complexity index is 484. The molecule has 1 atom stereocenters. The van der Waals surface area contributed by atoms with E-state index in [0.29, 0.717) is 22.3 Å². The van der Waals surface area contributed by atoms with Crippen LogP contribution in [0.4, 0.5) is 5.69 Å². The van der Waals surface area contributed by atoms with Crippen molar-refractivity contribution < 1.29 is 4.79 Å². The highest BCUT2D eigenvalue weighted by molar-refractivity contribution is 6.31. The molecule has 1 aromatic carbocycles. The van der Waals surface area contributed by atoms with Crippen LogP contribution in [0.3, 0.4) is 0 Å². The molecule has 1 aliphatic rings. The lowest BCUT2D eigenvalue weighted by atomic mass is 10.1. The van der Waals surface area contributed by atoms with Gasteiger partial charge in [-0.25, -0.2) is 0 Å². The number of carbonyl (C=O) groups is 1. The third-order valence-corrected chi connectivity index (χ3v) is 4.30. The minimum absolute atomic E-state index is 0.0196. The molecule has 0 aliphatic carbocycles. The number of piperazine rings is 1. The van der Waals surface area contributed by atoms with Gasteiger partial charge in [0.15, 0.2) is 0 Å². The first-order chi connectivity index (χ1) is 9.52. The van der Waals surface area contributed by atoms with Crippen LogP contribution in [-0.4, -0.2) is 47.9 Å². The molecular formula is C15H22ClN3O. The van der Waals surface area contributed by atoms with Crippen LogP contribution in [0.1, 0.15) is 30.6 Å². The highest BCUT2D eigenvalue weighted by atomic mass is 35.5. The predicted molar refractivity (Wildman–Crippen MR) is 83.1 cm³/mol. The van der Waals surface area contributed by atoms with E-state index in [2.05, 4.69) is 18.7 Å². The Kier molecular flexibility index (Phi) is 4.89. The smallest absolute Gasteiger partial charge is 0.256 e. The van der Waals surface area contributed by atoms with Crippen LogP contribution in [0.25, 0.3) is 0 Å². The van der Waals surface area contributed by atoms with Gasteiger partial charge in [-0.15, -0.1) is 0 Å². The molecule has 1 aromatic rings. The molecule has 2 N–H and O–H groups in total. The third kappa shape index (κ3) is 3.25. The summed E-state index contributed by atoms with van der Waals surface area (Å²) in [5, 5.41) is 0.542. The van der Waals surface area contributed by atoms with Crippen LogP contribution in [0, 0.1) is 0 Å². The summed E-state index contributed by atoms with van der Waals surface area (Å²) in [5.41, 5.74) is 6.88. The van der Waals surface area contributed by atoms with E-state index in [1.54, 1.807) is 18.2 Å². The van der Waals surface area contributed by atoms with Gasteiger partial charge >= 0.3 is 0 Å². The van der Waals surface area contributed by atoms with Gasteiger partial charge in [0.25, 0.3) is 5.91 Å². The summed E-state index contributed by atoms with van der Waals surface area (Å²) in [5.74, 6) is -0.0196. The molecule has 0 saturated carbocycles. The zero-order valence-corrected chi connectivity index (χ0v) is 12.9. The van der Waals surface area contributed by atoms with Gasteiger partial charge in [-0.1, -0.05) is 18.5 Å². The standard InChI is InChI=1S/C15H22ClN3O/c1-3-11(2)18-6-8-19(9-7-18)15(20)13-10-12(16)4-5-14(13)17/h4-5,10-11H,3,6-9,17H2,1-2H3. The van der Waals surface area contributed by atoms with Gasteiger partial charge in [0, 0.05) is 42.9 Å². The molecule has 1 amide bonds. The molecule has 1 saturated heterocycles. The van der Waals surface area contributed by atoms with E-state index in [1.165, 1.54) is 0 Å². The van der Waals surface area contributed by atoms with Gasteiger partial charge in [0.05, 0.1) is 5.56 Å². The van der Waals surface area contributed by atoms with Crippen molar-refractivity contribution in [3.63, 3.8) is 0 Å². The van der Waals surface area contributed by atoms with Crippen molar-refractivity contribution in [2.24, 2.45) is 0 Å². The van der Waals surface area contributed by atoms with E-state index in [1.807, 2.05) is 4.90 Å². The number of benzene rings is 1. The average molecular weight is 296 g/mol. The summed E-state index contributed by atoms with van der Waals surface area (Å²) in [6.45, 7) is 7.74. The normalized spacial score (nSPS) is 18.1. The lowest BCUT2D eigenvalue weighted by molar-refractivity contribution is 0.0580. The van der Waals surface area contributed by atoms with E-state index >= 15 is 0 Å². The van der Waals surface area contributed by atoms with Crippen LogP contribution in [-0.2, 0) is 0 Å². The van der Waals surface area contributed by atoms with Crippen molar-refractivity contribution in [3.05, 3.63) is 28.8 Å². The molecule has 1 aliphatic heterocycles. The maximum atomic E-state index is 12.5. The van der Waals surface area contributed by atoms with E-state index in [-0.39, 0.29) is 5.91 Å². The topological polar surface area (TPSA) is 49.6 Å². The van der Waals surface area contributed by atoms with Crippen LogP contribution >= 0.6 is 11.6 Å². The minimum Gasteiger partial charge on any atom is -0.398 e. The molecule has 2 rings (SSSR count). The molecule has 0 radical (unpaired) electrons. The molecule has 0 spiro atoms. The number of nitrogens with zero attached hydrogens (tertiary/aromatic N) is 2. The maximum Gasteiger partial charge on any atom is 0.256 e. The van der Waals surface area contributed by atoms with Crippen molar-refractivity contribution in [1.29, 1.82) is 0 Å². The Balaban J connectivity index is 2.03. The van der Waals surface area contributed by atoms with Crippen molar-refractivity contribution >= 4 is 23.2 Å². The second kappa shape index (κ2) is 6.46. The highest BCUT2D eigenvalue weighted by Crippen LogP contribution is 2.20. The number of hydrogen-bond acceptors (Lipinski definition) is 3. The van der Waals surface area contributed by atoms with Crippen LogP contribution in [0.15, 0.2) is 18.2 Å². The Labute approximate surface area is 125 Å². The van der Waals surface area contributed by atoms with Gasteiger partial charge in [-0.05, 0) is 31.5 Å². The quantitative estimate of drug-likeness (QED) is 0.872. The molecule has 5 heteroatoms. The molecule has 1 fully saturated rings. The fraction of sp³-hybridized carbons (Fsp3) is 0.533. The van der Waals surface area contributed by atoms with Crippen LogP contribution < -0.4 is 5.73 Å². The Hall–Kier alpha value is -1.26. The Morgan fingerprint density at radius 2 is 2.00 bits per heavy atom. The van der Waals surface area contributed by atoms with Gasteiger partial charge in [-0.2, -0.15) is 0 Å². The van der Waals surface area contributed by atoms with Gasteiger partial charge in [0.2, 0.25) is 0 Å². The molecule has 4 nitrogen and oxygen atoms in total. The van der Waals surface area contributed by atoms with Gasteiger partial charge in [-0.3, -0.25) is 9.69 Å². The molecule has 0 bridgehead atoms. The summed E-state index contributed by atoms with van der Waals surface area (Å²) in [6.07, 6.45) is 1.13. The molecular weight excluding hydrogens is 274 g/mol. The fourth-order valence-electron chi connectivity index (χ4n) is 2.51. The van der Waals surface area contributed by atoms with E-state index in [9.17, 15) is 4.79 Å². The minimum atomic E-state index is -0.0196. The van der Waals surface area contributed by atoms with Crippen molar-refractivity contribution in [3.8, 4) is 0 Å². The number of carbonyl (C=O) groups excluding carboxylic acids is 1. The second-order valence-electron chi connectivity index (χ2n) is 5.32. The van der Waals surface area contributed by atoms with Crippen LogP contribution in [0.2, 0.25) is 5.02 Å². The van der Waals surface area contributed by atoms with Crippen molar-refractivity contribution in [2.75, 3.05) is 31.9 Å². The number of anilines is 1. The number of nitrogens with two attached hydrogens (primary N) is 1. The second-order valence-corrected chi connectivity index (χ2v) is 5.75. The number of nitrogen functional groups attached to an aromatic ring is 1. The lowest BCUT2D eigenvalue weighted by Gasteiger charge is -2.38.